The minimum Gasteiger partial charge on any atom is -0.358 e. The third kappa shape index (κ3) is 5.20. The molecule has 1 atom stereocenters. The summed E-state index contributed by atoms with van der Waals surface area (Å²) in [7, 11) is 0. The van der Waals surface area contributed by atoms with Crippen molar-refractivity contribution in [3.8, 4) is 0 Å². The van der Waals surface area contributed by atoms with Gasteiger partial charge in [0.05, 0.1) is 0 Å². The third-order valence-electron chi connectivity index (χ3n) is 2.47. The van der Waals surface area contributed by atoms with Gasteiger partial charge in [0.1, 0.15) is 0 Å². The van der Waals surface area contributed by atoms with Crippen LogP contribution in [-0.2, 0) is 32.7 Å². The number of hydrogen-bond donors (Lipinski definition) is 1. The van der Waals surface area contributed by atoms with E-state index in [9.17, 15) is 0 Å². The first-order chi connectivity index (χ1) is 5.41. The van der Waals surface area contributed by atoms with Gasteiger partial charge in [0.2, 0.25) is 0 Å². The summed E-state index contributed by atoms with van der Waals surface area (Å²) in [5, 5.41) is 3.60. The minimum absolute atomic E-state index is 0. The Morgan fingerprint density at radius 3 is 2.21 bits per heavy atom. The first-order valence-corrected chi connectivity index (χ1v) is 4.92. The fourth-order valence-electron chi connectivity index (χ4n) is 2.08. The van der Waals surface area contributed by atoms with Crippen LogP contribution in [0.25, 0.3) is 0 Å². The SMILES string of the molecule is CC1CN(C(C)C)CC(C)(C)N1.[CH3-].[Y]. The number of hydrogen-bond acceptors (Lipinski definition) is 2. The van der Waals surface area contributed by atoms with Crippen molar-refractivity contribution < 1.29 is 32.7 Å². The molecule has 0 aliphatic carbocycles. The molecular formula is C11H25N2Y-. The molecule has 0 aromatic heterocycles. The standard InChI is InChI=1S/C10H22N2.CH3.Y/c1-8(2)12-6-9(3)11-10(4,5)7-12;;/h8-9,11H,6-7H2,1-5H3;1H3;/q;-1;. The molecule has 1 N–H and O–H groups in total. The Labute approximate surface area is 115 Å². The van der Waals surface area contributed by atoms with Crippen LogP contribution in [0.15, 0.2) is 0 Å². The van der Waals surface area contributed by atoms with E-state index in [-0.39, 0.29) is 45.7 Å². The molecule has 0 aromatic carbocycles. The van der Waals surface area contributed by atoms with E-state index in [2.05, 4.69) is 44.8 Å². The molecule has 0 bridgehead atoms. The zero-order valence-electron chi connectivity index (χ0n) is 10.6. The topological polar surface area (TPSA) is 15.3 Å². The summed E-state index contributed by atoms with van der Waals surface area (Å²) >= 11 is 0. The van der Waals surface area contributed by atoms with Crippen LogP contribution >= 0.6 is 0 Å². The Bertz CT molecular complexity index is 157. The summed E-state index contributed by atoms with van der Waals surface area (Å²) in [6.45, 7) is 13.7. The predicted molar refractivity (Wildman–Crippen MR) is 59.8 cm³/mol. The van der Waals surface area contributed by atoms with E-state index in [1.807, 2.05) is 0 Å². The van der Waals surface area contributed by atoms with E-state index in [1.54, 1.807) is 0 Å². The van der Waals surface area contributed by atoms with Crippen molar-refractivity contribution in [2.75, 3.05) is 13.1 Å². The van der Waals surface area contributed by atoms with Gasteiger partial charge in [0.15, 0.2) is 0 Å². The summed E-state index contributed by atoms with van der Waals surface area (Å²) in [5.74, 6) is 0. The van der Waals surface area contributed by atoms with Gasteiger partial charge in [-0.15, -0.1) is 0 Å². The molecule has 1 saturated heterocycles. The Morgan fingerprint density at radius 2 is 1.86 bits per heavy atom. The van der Waals surface area contributed by atoms with Crippen molar-refractivity contribution in [1.29, 1.82) is 0 Å². The smallest absolute Gasteiger partial charge is 0.0255 e. The first-order valence-electron chi connectivity index (χ1n) is 4.92. The van der Waals surface area contributed by atoms with Crippen molar-refractivity contribution in [2.24, 2.45) is 0 Å². The van der Waals surface area contributed by atoms with Gasteiger partial charge in [-0.25, -0.2) is 0 Å². The largest absolute Gasteiger partial charge is 0.358 e. The maximum Gasteiger partial charge on any atom is 0.0255 e. The van der Waals surface area contributed by atoms with Crippen LogP contribution in [-0.4, -0.2) is 35.6 Å². The predicted octanol–water partition coefficient (Wildman–Crippen LogP) is 1.91. The molecule has 1 radical (unpaired) electrons. The molecule has 0 spiro atoms. The molecular weight excluding hydrogens is 249 g/mol. The summed E-state index contributed by atoms with van der Waals surface area (Å²) in [5.41, 5.74) is 0.280. The molecule has 1 aliphatic rings. The molecule has 1 rings (SSSR count). The van der Waals surface area contributed by atoms with E-state index in [0.717, 1.165) is 6.54 Å². The molecule has 3 heteroatoms. The molecule has 0 aromatic rings. The molecule has 2 nitrogen and oxygen atoms in total. The molecule has 1 aliphatic heterocycles. The monoisotopic (exact) mass is 274 g/mol. The molecule has 1 heterocycles. The van der Waals surface area contributed by atoms with Gasteiger partial charge in [-0.1, -0.05) is 0 Å². The Morgan fingerprint density at radius 1 is 1.36 bits per heavy atom. The van der Waals surface area contributed by atoms with Crippen LogP contribution in [0.3, 0.4) is 0 Å². The van der Waals surface area contributed by atoms with Crippen molar-refractivity contribution in [3.63, 3.8) is 0 Å². The Kier molecular flexibility index (Phi) is 8.18. The second-order valence-corrected chi connectivity index (χ2v) is 4.95. The van der Waals surface area contributed by atoms with Gasteiger partial charge >= 0.3 is 0 Å². The van der Waals surface area contributed by atoms with E-state index in [1.165, 1.54) is 6.54 Å². The fourth-order valence-corrected chi connectivity index (χ4v) is 2.08. The summed E-state index contributed by atoms with van der Waals surface area (Å²) in [6.07, 6.45) is 0. The van der Waals surface area contributed by atoms with Crippen molar-refractivity contribution >= 4 is 0 Å². The second kappa shape index (κ2) is 6.57. The molecule has 14 heavy (non-hydrogen) atoms. The van der Waals surface area contributed by atoms with Gasteiger partial charge in [0.25, 0.3) is 0 Å². The Hall–Kier alpha value is 1.02. The third-order valence-corrected chi connectivity index (χ3v) is 2.47. The normalized spacial score (nSPS) is 26.6. The zero-order chi connectivity index (χ0) is 9.35. The maximum absolute atomic E-state index is 3.60. The fraction of sp³-hybridized carbons (Fsp3) is 0.909. The van der Waals surface area contributed by atoms with Gasteiger partial charge in [0, 0.05) is 63.4 Å². The van der Waals surface area contributed by atoms with E-state index >= 15 is 0 Å². The average molecular weight is 274 g/mol. The minimum atomic E-state index is 0. The van der Waals surface area contributed by atoms with Crippen molar-refractivity contribution in [3.05, 3.63) is 7.43 Å². The van der Waals surface area contributed by atoms with Crippen LogP contribution in [0.5, 0.6) is 0 Å². The summed E-state index contributed by atoms with van der Waals surface area (Å²) < 4.78 is 0. The molecule has 0 amide bonds. The number of piperazine rings is 1. The van der Waals surface area contributed by atoms with Gasteiger partial charge in [-0.05, 0) is 34.6 Å². The van der Waals surface area contributed by atoms with Crippen molar-refractivity contribution in [2.45, 2.75) is 52.2 Å². The van der Waals surface area contributed by atoms with Gasteiger partial charge in [-0.3, -0.25) is 4.90 Å². The van der Waals surface area contributed by atoms with E-state index < -0.39 is 0 Å². The molecule has 1 unspecified atom stereocenters. The zero-order valence-corrected chi connectivity index (χ0v) is 13.4. The van der Waals surface area contributed by atoms with E-state index in [4.69, 9.17) is 0 Å². The number of rotatable bonds is 1. The Balaban J connectivity index is 0. The number of nitrogens with zero attached hydrogens (tertiary/aromatic N) is 1. The summed E-state index contributed by atoms with van der Waals surface area (Å²) in [4.78, 5) is 2.54. The molecule has 1 fully saturated rings. The first kappa shape index (κ1) is 17.4. The molecule has 0 saturated carbocycles. The van der Waals surface area contributed by atoms with Crippen LogP contribution in [0.1, 0.15) is 34.6 Å². The van der Waals surface area contributed by atoms with Crippen LogP contribution < -0.4 is 5.32 Å². The second-order valence-electron chi connectivity index (χ2n) is 4.95. The van der Waals surface area contributed by atoms with Gasteiger partial charge in [-0.2, -0.15) is 0 Å². The van der Waals surface area contributed by atoms with Gasteiger partial charge < -0.3 is 12.7 Å². The van der Waals surface area contributed by atoms with E-state index in [0.29, 0.717) is 12.1 Å². The van der Waals surface area contributed by atoms with Crippen LogP contribution in [0.4, 0.5) is 0 Å². The van der Waals surface area contributed by atoms with Crippen molar-refractivity contribution in [1.82, 2.24) is 10.2 Å². The summed E-state index contributed by atoms with van der Waals surface area (Å²) in [6, 6.07) is 1.30. The maximum atomic E-state index is 3.60. The average Bonchev–Trinajstić information content (AvgIpc) is 1.82. The van der Waals surface area contributed by atoms with Crippen LogP contribution in [0.2, 0.25) is 0 Å². The molecule has 83 valence electrons. The number of nitrogens with one attached hydrogen (secondary N) is 1. The van der Waals surface area contributed by atoms with Crippen LogP contribution in [0, 0.1) is 7.43 Å². The quantitative estimate of drug-likeness (QED) is 0.735.